The summed E-state index contributed by atoms with van der Waals surface area (Å²) in [4.78, 5) is 4.62. The Morgan fingerprint density at radius 3 is 2.58 bits per heavy atom. The Morgan fingerprint density at radius 1 is 0.962 bits per heavy atom. The van der Waals surface area contributed by atoms with Gasteiger partial charge >= 0.3 is 0 Å². The highest BCUT2D eigenvalue weighted by atomic mass is 16.5. The number of para-hydroxylation sites is 1. The molecule has 4 heteroatoms. The van der Waals surface area contributed by atoms with E-state index in [4.69, 9.17) is 4.74 Å². The molecule has 128 valence electrons. The van der Waals surface area contributed by atoms with E-state index in [1.807, 2.05) is 43.4 Å². The Bertz CT molecular complexity index is 1170. The van der Waals surface area contributed by atoms with Crippen molar-refractivity contribution in [2.24, 2.45) is 12.0 Å². The summed E-state index contributed by atoms with van der Waals surface area (Å²) in [6, 6.07) is 22.4. The molecule has 5 rings (SSSR count). The van der Waals surface area contributed by atoms with Gasteiger partial charge in [-0.2, -0.15) is 0 Å². The van der Waals surface area contributed by atoms with Gasteiger partial charge in [0.15, 0.2) is 0 Å². The number of aromatic nitrogens is 1. The first-order chi connectivity index (χ1) is 12.7. The predicted octanol–water partition coefficient (Wildman–Crippen LogP) is 4.56. The zero-order chi connectivity index (χ0) is 17.7. The van der Waals surface area contributed by atoms with Crippen LogP contribution in [0.2, 0.25) is 0 Å². The van der Waals surface area contributed by atoms with Crippen LogP contribution in [-0.2, 0) is 11.8 Å². The molecule has 3 aromatic carbocycles. The minimum atomic E-state index is -0.144. The third kappa shape index (κ3) is 2.12. The van der Waals surface area contributed by atoms with Gasteiger partial charge in [0.2, 0.25) is 11.8 Å². The smallest absolute Gasteiger partial charge is 0.223 e. The van der Waals surface area contributed by atoms with Crippen LogP contribution in [-0.4, -0.2) is 22.1 Å². The van der Waals surface area contributed by atoms with Gasteiger partial charge in [-0.25, -0.2) is 4.99 Å². The van der Waals surface area contributed by atoms with Crippen LogP contribution in [0, 0.1) is 0 Å². The van der Waals surface area contributed by atoms with Gasteiger partial charge in [-0.1, -0.05) is 60.7 Å². The third-order valence-electron chi connectivity index (χ3n) is 5.11. The molecule has 1 aliphatic rings. The molecule has 0 fully saturated rings. The lowest BCUT2D eigenvalue weighted by molar-refractivity contribution is 0.231. The lowest BCUT2D eigenvalue weighted by Gasteiger charge is -2.14. The summed E-state index contributed by atoms with van der Waals surface area (Å²) in [5.74, 6) is 0.695. The average molecular weight is 342 g/mol. The second-order valence-corrected chi connectivity index (χ2v) is 6.60. The number of benzene rings is 3. The van der Waals surface area contributed by atoms with Crippen LogP contribution >= 0.6 is 0 Å². The molecule has 0 bridgehead atoms. The third-order valence-corrected chi connectivity index (χ3v) is 5.11. The number of rotatable bonds is 2. The Hall–Kier alpha value is -3.27. The first-order valence-corrected chi connectivity index (χ1v) is 8.69. The zero-order valence-corrected chi connectivity index (χ0v) is 14.4. The van der Waals surface area contributed by atoms with Crippen molar-refractivity contribution in [2.75, 3.05) is 6.54 Å². The van der Waals surface area contributed by atoms with Crippen molar-refractivity contribution in [3.8, 4) is 5.88 Å². The second-order valence-electron chi connectivity index (χ2n) is 6.60. The SMILES string of the molecule is Cn1c(O)c(C2=NCC(c3cccc4ccccc34)O2)c2ccccc21. The van der Waals surface area contributed by atoms with E-state index in [2.05, 4.69) is 35.3 Å². The van der Waals surface area contributed by atoms with Gasteiger partial charge < -0.3 is 14.4 Å². The quantitative estimate of drug-likeness (QED) is 0.581. The van der Waals surface area contributed by atoms with Crippen LogP contribution in [0.1, 0.15) is 17.2 Å². The highest BCUT2D eigenvalue weighted by molar-refractivity contribution is 6.10. The molecule has 1 aliphatic heterocycles. The number of aromatic hydroxyl groups is 1. The largest absolute Gasteiger partial charge is 0.494 e. The Kier molecular flexibility index (Phi) is 3.25. The van der Waals surface area contributed by atoms with Gasteiger partial charge in [0.05, 0.1) is 12.1 Å². The summed E-state index contributed by atoms with van der Waals surface area (Å²) < 4.78 is 7.99. The molecule has 0 amide bonds. The van der Waals surface area contributed by atoms with E-state index in [9.17, 15) is 5.11 Å². The summed E-state index contributed by atoms with van der Waals surface area (Å²) in [6.07, 6.45) is -0.144. The van der Waals surface area contributed by atoms with Gasteiger partial charge in [-0.15, -0.1) is 0 Å². The molecule has 0 spiro atoms. The van der Waals surface area contributed by atoms with Crippen LogP contribution < -0.4 is 0 Å². The average Bonchev–Trinajstić information content (AvgIpc) is 3.25. The maximum absolute atomic E-state index is 10.6. The molecule has 0 aliphatic carbocycles. The fraction of sp³-hybridized carbons (Fsp3) is 0.136. The summed E-state index contributed by atoms with van der Waals surface area (Å²) in [5, 5.41) is 13.9. The predicted molar refractivity (Wildman–Crippen MR) is 104 cm³/mol. The molecule has 26 heavy (non-hydrogen) atoms. The fourth-order valence-corrected chi connectivity index (χ4v) is 3.80. The molecule has 1 atom stereocenters. The maximum Gasteiger partial charge on any atom is 0.223 e. The molecule has 1 aromatic heterocycles. The van der Waals surface area contributed by atoms with Crippen molar-refractivity contribution in [1.82, 2.24) is 4.57 Å². The second kappa shape index (κ2) is 5.63. The molecule has 2 heterocycles. The molecule has 0 saturated carbocycles. The number of hydrogen-bond donors (Lipinski definition) is 1. The standard InChI is InChI=1S/C22H18N2O2/c1-24-18-12-5-4-10-17(18)20(22(24)25)21-23-13-19(26-21)16-11-6-8-14-7-2-3-9-15(14)16/h2-12,19,25H,13H2,1H3. The normalized spacial score (nSPS) is 16.8. The van der Waals surface area contributed by atoms with Gasteiger partial charge in [0.1, 0.15) is 11.7 Å². The number of aliphatic imine (C=N–C) groups is 1. The number of hydrogen-bond acceptors (Lipinski definition) is 3. The Labute approximate surface area is 151 Å². The van der Waals surface area contributed by atoms with Gasteiger partial charge in [-0.05, 0) is 16.8 Å². The topological polar surface area (TPSA) is 46.8 Å². The van der Waals surface area contributed by atoms with E-state index in [-0.39, 0.29) is 12.0 Å². The maximum atomic E-state index is 10.6. The molecule has 4 aromatic rings. The van der Waals surface area contributed by atoms with Crippen molar-refractivity contribution in [3.05, 3.63) is 77.9 Å². The summed E-state index contributed by atoms with van der Waals surface area (Å²) in [7, 11) is 1.85. The van der Waals surface area contributed by atoms with Crippen molar-refractivity contribution in [1.29, 1.82) is 0 Å². The van der Waals surface area contributed by atoms with Crippen molar-refractivity contribution in [2.45, 2.75) is 6.10 Å². The van der Waals surface area contributed by atoms with E-state index in [0.29, 0.717) is 18.0 Å². The van der Waals surface area contributed by atoms with Crippen LogP contribution in [0.4, 0.5) is 0 Å². The molecular formula is C22H18N2O2. The van der Waals surface area contributed by atoms with Crippen LogP contribution in [0.25, 0.3) is 21.7 Å². The summed E-state index contributed by atoms with van der Waals surface area (Å²) >= 11 is 0. The highest BCUT2D eigenvalue weighted by Gasteiger charge is 2.29. The van der Waals surface area contributed by atoms with Crippen LogP contribution in [0.5, 0.6) is 5.88 Å². The number of aryl methyl sites for hydroxylation is 1. The fourth-order valence-electron chi connectivity index (χ4n) is 3.80. The molecule has 0 saturated heterocycles. The lowest BCUT2D eigenvalue weighted by Crippen LogP contribution is -2.07. The van der Waals surface area contributed by atoms with E-state index >= 15 is 0 Å². The van der Waals surface area contributed by atoms with E-state index in [0.717, 1.165) is 16.5 Å². The van der Waals surface area contributed by atoms with Crippen LogP contribution in [0.15, 0.2) is 71.7 Å². The van der Waals surface area contributed by atoms with Crippen molar-refractivity contribution >= 4 is 27.6 Å². The number of ether oxygens (including phenoxy) is 1. The summed E-state index contributed by atoms with van der Waals surface area (Å²) in [5.41, 5.74) is 2.76. The first kappa shape index (κ1) is 15.0. The lowest BCUT2D eigenvalue weighted by atomic mass is 10.0. The minimum absolute atomic E-state index is 0.144. The zero-order valence-electron chi connectivity index (χ0n) is 14.4. The van der Waals surface area contributed by atoms with Gasteiger partial charge in [-0.3, -0.25) is 0 Å². The molecule has 4 nitrogen and oxygen atoms in total. The monoisotopic (exact) mass is 342 g/mol. The molecule has 0 radical (unpaired) electrons. The van der Waals surface area contributed by atoms with E-state index in [1.165, 1.54) is 10.8 Å². The molecule has 1 unspecified atom stereocenters. The Balaban J connectivity index is 1.56. The van der Waals surface area contributed by atoms with Gasteiger partial charge in [0.25, 0.3) is 0 Å². The van der Waals surface area contributed by atoms with Crippen molar-refractivity contribution in [3.63, 3.8) is 0 Å². The minimum Gasteiger partial charge on any atom is -0.494 e. The molecular weight excluding hydrogens is 324 g/mol. The van der Waals surface area contributed by atoms with E-state index < -0.39 is 0 Å². The highest BCUT2D eigenvalue weighted by Crippen LogP contribution is 2.36. The van der Waals surface area contributed by atoms with Crippen LogP contribution in [0.3, 0.4) is 0 Å². The first-order valence-electron chi connectivity index (χ1n) is 8.69. The van der Waals surface area contributed by atoms with Crippen molar-refractivity contribution < 1.29 is 9.84 Å². The molecule has 1 N–H and O–H groups in total. The van der Waals surface area contributed by atoms with Gasteiger partial charge in [0, 0.05) is 18.0 Å². The number of fused-ring (bicyclic) bond motifs is 2. The number of nitrogens with zero attached hydrogens (tertiary/aromatic N) is 2. The Morgan fingerprint density at radius 2 is 1.69 bits per heavy atom. The summed E-state index contributed by atoms with van der Waals surface area (Å²) in [6.45, 7) is 0.548. The van der Waals surface area contributed by atoms with E-state index in [1.54, 1.807) is 4.57 Å².